The molecule has 0 aliphatic carbocycles. The third kappa shape index (κ3) is 3.88. The largest absolute Gasteiger partial charge is 0.354 e. The Bertz CT molecular complexity index is 1080. The predicted molar refractivity (Wildman–Crippen MR) is 105 cm³/mol. The van der Waals surface area contributed by atoms with E-state index in [0.717, 1.165) is 14.5 Å². The van der Waals surface area contributed by atoms with Crippen LogP contribution in [0.1, 0.15) is 10.4 Å². The van der Waals surface area contributed by atoms with Gasteiger partial charge in [0.25, 0.3) is 0 Å². The van der Waals surface area contributed by atoms with Gasteiger partial charge in [0, 0.05) is 24.7 Å². The maximum atomic E-state index is 12.4. The van der Waals surface area contributed by atoms with Crippen LogP contribution in [0.15, 0.2) is 47.4 Å². The van der Waals surface area contributed by atoms with E-state index in [-0.39, 0.29) is 17.2 Å². The minimum absolute atomic E-state index is 0.0129. The Morgan fingerprint density at radius 2 is 2.00 bits per heavy atom. The minimum atomic E-state index is -3.58. The van der Waals surface area contributed by atoms with Gasteiger partial charge < -0.3 is 5.32 Å². The Balaban J connectivity index is 1.75. The van der Waals surface area contributed by atoms with E-state index >= 15 is 0 Å². The van der Waals surface area contributed by atoms with Crippen molar-refractivity contribution in [3.05, 3.63) is 53.1 Å². The Labute approximate surface area is 160 Å². The van der Waals surface area contributed by atoms with Gasteiger partial charge in [-0.3, -0.25) is 4.79 Å². The molecule has 6 nitrogen and oxygen atoms in total. The van der Waals surface area contributed by atoms with E-state index in [4.69, 9.17) is 11.6 Å². The Morgan fingerprint density at radius 3 is 2.73 bits per heavy atom. The molecule has 1 aromatic heterocycles. The quantitative estimate of drug-likeness (QED) is 0.630. The summed E-state index contributed by atoms with van der Waals surface area (Å²) in [6.45, 7) is 0.0129. The molecule has 0 saturated carbocycles. The number of fused-ring (bicyclic) bond motifs is 1. The molecule has 3 rings (SSSR count). The number of anilines is 1. The molecule has 3 aromatic rings. The molecule has 0 bridgehead atoms. The second kappa shape index (κ2) is 7.32. The number of carbonyl (C=O) groups excluding carboxylic acids is 1. The molecule has 1 N–H and O–H groups in total. The van der Waals surface area contributed by atoms with Gasteiger partial charge in [0.15, 0.2) is 10.9 Å². The molecule has 0 spiro atoms. The van der Waals surface area contributed by atoms with Crippen LogP contribution in [-0.2, 0) is 10.0 Å². The van der Waals surface area contributed by atoms with Crippen LogP contribution in [0.25, 0.3) is 10.2 Å². The van der Waals surface area contributed by atoms with Crippen LogP contribution in [0.5, 0.6) is 0 Å². The van der Waals surface area contributed by atoms with Crippen LogP contribution in [0.2, 0.25) is 5.02 Å². The van der Waals surface area contributed by atoms with Crippen molar-refractivity contribution in [2.45, 2.75) is 4.90 Å². The number of thiazole rings is 1. The first-order valence-corrected chi connectivity index (χ1v) is 10.3. The smallest absolute Gasteiger partial charge is 0.242 e. The fraction of sp³-hybridized carbons (Fsp3) is 0.176. The highest BCUT2D eigenvalue weighted by atomic mass is 35.5. The van der Waals surface area contributed by atoms with Gasteiger partial charge in [0.05, 0.1) is 21.7 Å². The van der Waals surface area contributed by atoms with E-state index in [1.807, 2.05) is 12.1 Å². The monoisotopic (exact) mass is 409 g/mol. The van der Waals surface area contributed by atoms with Gasteiger partial charge in [-0.2, -0.15) is 0 Å². The van der Waals surface area contributed by atoms with Gasteiger partial charge in [-0.15, -0.1) is 0 Å². The van der Waals surface area contributed by atoms with Crippen LogP contribution >= 0.6 is 22.9 Å². The third-order valence-corrected chi connectivity index (χ3v) is 6.71. The van der Waals surface area contributed by atoms with Crippen molar-refractivity contribution in [2.75, 3.05) is 26.0 Å². The van der Waals surface area contributed by atoms with Crippen molar-refractivity contribution in [2.24, 2.45) is 0 Å². The summed E-state index contributed by atoms with van der Waals surface area (Å²) in [5.41, 5.74) is 1.12. The van der Waals surface area contributed by atoms with E-state index in [9.17, 15) is 13.2 Å². The van der Waals surface area contributed by atoms with Gasteiger partial charge in [-0.25, -0.2) is 17.7 Å². The van der Waals surface area contributed by atoms with Crippen molar-refractivity contribution < 1.29 is 13.2 Å². The van der Waals surface area contributed by atoms with Crippen molar-refractivity contribution >= 4 is 54.1 Å². The average Bonchev–Trinajstić information content (AvgIpc) is 3.01. The van der Waals surface area contributed by atoms with Gasteiger partial charge in [0.1, 0.15) is 0 Å². The summed E-state index contributed by atoms with van der Waals surface area (Å²) in [5, 5.41) is 4.22. The highest BCUT2D eigenvalue weighted by Crippen LogP contribution is 2.28. The molecular weight excluding hydrogens is 394 g/mol. The van der Waals surface area contributed by atoms with Crippen molar-refractivity contribution in [1.82, 2.24) is 9.29 Å². The molecule has 1 heterocycles. The molecule has 0 fully saturated rings. The number of Topliss-reactive ketones (excluding diaryl/α,β-unsaturated/α-hetero) is 1. The fourth-order valence-electron chi connectivity index (χ4n) is 2.27. The number of carbonyl (C=O) groups is 1. The van der Waals surface area contributed by atoms with Crippen molar-refractivity contribution in [3.8, 4) is 0 Å². The van der Waals surface area contributed by atoms with Gasteiger partial charge in [-0.1, -0.05) is 35.1 Å². The summed E-state index contributed by atoms with van der Waals surface area (Å²) in [5.74, 6) is -0.224. The van der Waals surface area contributed by atoms with E-state index in [0.29, 0.717) is 15.7 Å². The molecule has 0 saturated heterocycles. The lowest BCUT2D eigenvalue weighted by atomic mass is 10.1. The second-order valence-electron chi connectivity index (χ2n) is 5.72. The number of aromatic nitrogens is 1. The topological polar surface area (TPSA) is 79.4 Å². The lowest BCUT2D eigenvalue weighted by Crippen LogP contribution is -2.22. The maximum Gasteiger partial charge on any atom is 0.242 e. The molecule has 2 aromatic carbocycles. The Kier molecular flexibility index (Phi) is 5.29. The highest BCUT2D eigenvalue weighted by Gasteiger charge is 2.18. The normalized spacial score (nSPS) is 11.8. The first kappa shape index (κ1) is 18.8. The van der Waals surface area contributed by atoms with E-state index in [1.165, 1.54) is 37.6 Å². The zero-order chi connectivity index (χ0) is 18.9. The van der Waals surface area contributed by atoms with Crippen LogP contribution in [-0.4, -0.2) is 44.1 Å². The first-order chi connectivity index (χ1) is 12.3. The standard InChI is InChI=1S/C17H16ClN3O3S2/c1-21(2)26(23,24)13-5-3-4-11(8-13)15(22)10-19-17-20-14-7-6-12(18)9-16(14)25-17/h3-9H,10H2,1-2H3,(H,19,20). The molecule has 9 heteroatoms. The lowest BCUT2D eigenvalue weighted by molar-refractivity contribution is 0.101. The van der Waals surface area contributed by atoms with Crippen LogP contribution in [0.4, 0.5) is 5.13 Å². The SMILES string of the molecule is CN(C)S(=O)(=O)c1cccc(C(=O)CNc2nc3ccc(Cl)cc3s2)c1. The summed E-state index contributed by atoms with van der Waals surface area (Å²) >= 11 is 7.36. The summed E-state index contributed by atoms with van der Waals surface area (Å²) in [7, 11) is -0.685. The third-order valence-electron chi connectivity index (χ3n) is 3.69. The zero-order valence-corrected chi connectivity index (χ0v) is 16.5. The number of ketones is 1. The minimum Gasteiger partial charge on any atom is -0.354 e. The maximum absolute atomic E-state index is 12.4. The highest BCUT2D eigenvalue weighted by molar-refractivity contribution is 7.89. The molecule has 0 aliphatic heterocycles. The number of benzene rings is 2. The number of hydrogen-bond donors (Lipinski definition) is 1. The molecule has 26 heavy (non-hydrogen) atoms. The van der Waals surface area contributed by atoms with E-state index in [1.54, 1.807) is 18.2 Å². The second-order valence-corrected chi connectivity index (χ2v) is 9.34. The average molecular weight is 410 g/mol. The lowest BCUT2D eigenvalue weighted by Gasteiger charge is -2.12. The number of hydrogen-bond acceptors (Lipinski definition) is 6. The summed E-state index contributed by atoms with van der Waals surface area (Å²) in [4.78, 5) is 16.9. The zero-order valence-electron chi connectivity index (χ0n) is 14.1. The van der Waals surface area contributed by atoms with E-state index < -0.39 is 10.0 Å². The van der Waals surface area contributed by atoms with Gasteiger partial charge in [-0.05, 0) is 30.3 Å². The summed E-state index contributed by atoms with van der Waals surface area (Å²) in [6, 6.07) is 11.4. The molecule has 0 radical (unpaired) electrons. The number of nitrogens with one attached hydrogen (secondary N) is 1. The van der Waals surface area contributed by atoms with Crippen LogP contribution in [0, 0.1) is 0 Å². The molecule has 136 valence electrons. The number of halogens is 1. The number of nitrogens with zero attached hydrogens (tertiary/aromatic N) is 2. The molecule has 0 unspecified atom stereocenters. The Hall–Kier alpha value is -2.00. The predicted octanol–water partition coefficient (Wildman–Crippen LogP) is 3.49. The van der Waals surface area contributed by atoms with Crippen molar-refractivity contribution in [3.63, 3.8) is 0 Å². The van der Waals surface area contributed by atoms with Crippen LogP contribution < -0.4 is 5.32 Å². The fourth-order valence-corrected chi connectivity index (χ4v) is 4.36. The van der Waals surface area contributed by atoms with Crippen molar-refractivity contribution in [1.29, 1.82) is 0 Å². The Morgan fingerprint density at radius 1 is 1.23 bits per heavy atom. The molecular formula is C17H16ClN3O3S2. The number of sulfonamides is 1. The first-order valence-electron chi connectivity index (χ1n) is 7.63. The number of rotatable bonds is 6. The molecule has 0 atom stereocenters. The molecule has 0 aliphatic rings. The summed E-state index contributed by atoms with van der Waals surface area (Å²) < 4.78 is 26.4. The van der Waals surface area contributed by atoms with Crippen LogP contribution in [0.3, 0.4) is 0 Å². The van der Waals surface area contributed by atoms with E-state index in [2.05, 4.69) is 10.3 Å². The molecule has 0 amide bonds. The summed E-state index contributed by atoms with van der Waals surface area (Å²) in [6.07, 6.45) is 0. The van der Waals surface area contributed by atoms with Gasteiger partial charge in [0.2, 0.25) is 10.0 Å². The van der Waals surface area contributed by atoms with Gasteiger partial charge >= 0.3 is 0 Å².